The van der Waals surface area contributed by atoms with Gasteiger partial charge in [-0.1, -0.05) is 11.6 Å². The molecule has 1 aromatic rings. The molecular weight excluding hydrogens is 210 g/mol. The summed E-state index contributed by atoms with van der Waals surface area (Å²) in [5.41, 5.74) is 6.86. The highest BCUT2D eigenvalue weighted by Crippen LogP contribution is 2.23. The van der Waals surface area contributed by atoms with Gasteiger partial charge in [0, 0.05) is 21.8 Å². The van der Waals surface area contributed by atoms with Crippen molar-refractivity contribution in [1.29, 1.82) is 5.41 Å². The Bertz CT molecular complexity index is 380. The molecule has 3 nitrogen and oxygen atoms in total. The van der Waals surface area contributed by atoms with Crippen LogP contribution in [0.5, 0.6) is 0 Å². The Hall–Kier alpha value is -1.22. The van der Waals surface area contributed by atoms with E-state index in [1.165, 1.54) is 0 Å². The number of anilines is 1. The van der Waals surface area contributed by atoms with Gasteiger partial charge in [0.25, 0.3) is 0 Å². The lowest BCUT2D eigenvalue weighted by molar-refractivity contribution is 0.634. The Morgan fingerprint density at radius 3 is 2.47 bits per heavy atom. The summed E-state index contributed by atoms with van der Waals surface area (Å²) >= 11 is 5.90. The SMILES string of the molecule is CC(C)(C)Nc1cc(Cl)ccc1C(=N)N. The predicted octanol–water partition coefficient (Wildman–Crippen LogP) is 2.83. The van der Waals surface area contributed by atoms with Crippen LogP contribution in [0.2, 0.25) is 5.02 Å². The average Bonchev–Trinajstić information content (AvgIpc) is 1.99. The van der Waals surface area contributed by atoms with Crippen molar-refractivity contribution in [2.45, 2.75) is 26.3 Å². The highest BCUT2D eigenvalue weighted by Gasteiger charge is 2.13. The van der Waals surface area contributed by atoms with Gasteiger partial charge in [0.15, 0.2) is 0 Å². The lowest BCUT2D eigenvalue weighted by atomic mass is 10.1. The second-order valence-electron chi connectivity index (χ2n) is 4.48. The molecule has 0 atom stereocenters. The van der Waals surface area contributed by atoms with Crippen molar-refractivity contribution in [3.63, 3.8) is 0 Å². The second-order valence-corrected chi connectivity index (χ2v) is 4.92. The number of halogens is 1. The maximum Gasteiger partial charge on any atom is 0.124 e. The van der Waals surface area contributed by atoms with Crippen LogP contribution in [0.1, 0.15) is 26.3 Å². The summed E-state index contributed by atoms with van der Waals surface area (Å²) in [6.45, 7) is 6.12. The highest BCUT2D eigenvalue weighted by atomic mass is 35.5. The Labute approximate surface area is 95.1 Å². The zero-order valence-electron chi connectivity index (χ0n) is 9.19. The van der Waals surface area contributed by atoms with Crippen molar-refractivity contribution in [2.75, 3.05) is 5.32 Å². The molecule has 0 aliphatic heterocycles. The smallest absolute Gasteiger partial charge is 0.124 e. The fourth-order valence-electron chi connectivity index (χ4n) is 1.26. The van der Waals surface area contributed by atoms with Crippen molar-refractivity contribution in [3.05, 3.63) is 28.8 Å². The predicted molar refractivity (Wildman–Crippen MR) is 65.8 cm³/mol. The molecule has 0 saturated heterocycles. The molecule has 82 valence electrons. The Kier molecular flexibility index (Phi) is 3.25. The molecular formula is C11H16ClN3. The number of nitrogens with two attached hydrogens (primary N) is 1. The summed E-state index contributed by atoms with van der Waals surface area (Å²) in [7, 11) is 0. The molecule has 0 bridgehead atoms. The molecule has 0 spiro atoms. The van der Waals surface area contributed by atoms with Crippen LogP contribution in [-0.2, 0) is 0 Å². The fraction of sp³-hybridized carbons (Fsp3) is 0.364. The van der Waals surface area contributed by atoms with E-state index < -0.39 is 0 Å². The van der Waals surface area contributed by atoms with Crippen LogP contribution < -0.4 is 11.1 Å². The molecule has 0 amide bonds. The quantitative estimate of drug-likeness (QED) is 0.536. The van der Waals surface area contributed by atoms with Gasteiger partial charge in [-0.05, 0) is 39.0 Å². The van der Waals surface area contributed by atoms with E-state index in [9.17, 15) is 0 Å². The molecule has 15 heavy (non-hydrogen) atoms. The number of hydrogen-bond acceptors (Lipinski definition) is 2. The monoisotopic (exact) mass is 225 g/mol. The van der Waals surface area contributed by atoms with Crippen LogP contribution in [-0.4, -0.2) is 11.4 Å². The van der Waals surface area contributed by atoms with Crippen molar-refractivity contribution < 1.29 is 0 Å². The zero-order chi connectivity index (χ0) is 11.6. The lowest BCUT2D eigenvalue weighted by Gasteiger charge is -2.24. The maximum absolute atomic E-state index is 7.45. The van der Waals surface area contributed by atoms with E-state index >= 15 is 0 Å². The molecule has 4 N–H and O–H groups in total. The Balaban J connectivity index is 3.13. The highest BCUT2D eigenvalue weighted by molar-refractivity contribution is 6.31. The average molecular weight is 226 g/mol. The lowest BCUT2D eigenvalue weighted by Crippen LogP contribution is -2.28. The van der Waals surface area contributed by atoms with Gasteiger partial charge >= 0.3 is 0 Å². The molecule has 0 unspecified atom stereocenters. The van der Waals surface area contributed by atoms with Gasteiger partial charge in [-0.3, -0.25) is 5.41 Å². The first-order valence-corrected chi connectivity index (χ1v) is 5.09. The fourth-order valence-corrected chi connectivity index (χ4v) is 1.43. The number of nitrogens with one attached hydrogen (secondary N) is 2. The molecule has 4 heteroatoms. The zero-order valence-corrected chi connectivity index (χ0v) is 9.94. The first kappa shape index (κ1) is 11.9. The standard InChI is InChI=1S/C11H16ClN3/c1-11(2,3)15-9-6-7(12)4-5-8(9)10(13)14/h4-6,15H,1-3H3,(H3,13,14). The van der Waals surface area contributed by atoms with Gasteiger partial charge in [-0.25, -0.2) is 0 Å². The van der Waals surface area contributed by atoms with Crippen molar-refractivity contribution in [1.82, 2.24) is 0 Å². The minimum Gasteiger partial charge on any atom is -0.384 e. The van der Waals surface area contributed by atoms with Crippen molar-refractivity contribution in [2.24, 2.45) is 5.73 Å². The van der Waals surface area contributed by atoms with Crippen LogP contribution in [0.15, 0.2) is 18.2 Å². The largest absolute Gasteiger partial charge is 0.384 e. The molecule has 0 saturated carbocycles. The molecule has 0 aliphatic carbocycles. The third kappa shape index (κ3) is 3.44. The molecule has 0 fully saturated rings. The Morgan fingerprint density at radius 1 is 1.40 bits per heavy atom. The summed E-state index contributed by atoms with van der Waals surface area (Å²) in [5, 5.41) is 11.3. The summed E-state index contributed by atoms with van der Waals surface area (Å²) in [4.78, 5) is 0. The summed E-state index contributed by atoms with van der Waals surface area (Å²) in [6.07, 6.45) is 0. The number of rotatable bonds is 2. The van der Waals surface area contributed by atoms with Gasteiger partial charge < -0.3 is 11.1 Å². The van der Waals surface area contributed by atoms with E-state index in [0.29, 0.717) is 10.6 Å². The summed E-state index contributed by atoms with van der Waals surface area (Å²) in [6, 6.07) is 5.26. The van der Waals surface area contributed by atoms with Crippen LogP contribution in [0.3, 0.4) is 0 Å². The van der Waals surface area contributed by atoms with Crippen LogP contribution >= 0.6 is 11.6 Å². The van der Waals surface area contributed by atoms with Crippen LogP contribution in [0.25, 0.3) is 0 Å². The number of amidine groups is 1. The van der Waals surface area contributed by atoms with E-state index in [0.717, 1.165) is 5.69 Å². The number of hydrogen-bond donors (Lipinski definition) is 3. The third-order valence-electron chi connectivity index (χ3n) is 1.78. The number of nitrogen functional groups attached to an aromatic ring is 1. The van der Waals surface area contributed by atoms with Crippen molar-refractivity contribution >= 4 is 23.1 Å². The van der Waals surface area contributed by atoms with E-state index in [1.54, 1.807) is 18.2 Å². The summed E-state index contributed by atoms with van der Waals surface area (Å²) < 4.78 is 0. The van der Waals surface area contributed by atoms with Gasteiger partial charge in [-0.15, -0.1) is 0 Å². The van der Waals surface area contributed by atoms with Crippen LogP contribution in [0.4, 0.5) is 5.69 Å². The minimum absolute atomic E-state index is 0.0402. The van der Waals surface area contributed by atoms with E-state index in [2.05, 4.69) is 5.32 Å². The first-order valence-electron chi connectivity index (χ1n) is 4.72. The van der Waals surface area contributed by atoms with Gasteiger partial charge in [0.1, 0.15) is 5.84 Å². The molecule has 0 heterocycles. The maximum atomic E-state index is 7.45. The van der Waals surface area contributed by atoms with E-state index in [1.807, 2.05) is 20.8 Å². The molecule has 0 radical (unpaired) electrons. The molecule has 1 aromatic carbocycles. The normalized spacial score (nSPS) is 11.2. The van der Waals surface area contributed by atoms with Gasteiger partial charge in [-0.2, -0.15) is 0 Å². The Morgan fingerprint density at radius 2 is 2.00 bits per heavy atom. The van der Waals surface area contributed by atoms with Gasteiger partial charge in [0.05, 0.1) is 0 Å². The van der Waals surface area contributed by atoms with E-state index in [4.69, 9.17) is 22.7 Å². The number of benzene rings is 1. The second kappa shape index (κ2) is 4.11. The molecule has 0 aliphatic rings. The third-order valence-corrected chi connectivity index (χ3v) is 2.02. The first-order chi connectivity index (χ1) is 6.79. The van der Waals surface area contributed by atoms with Gasteiger partial charge in [0.2, 0.25) is 0 Å². The minimum atomic E-state index is -0.0884. The topological polar surface area (TPSA) is 61.9 Å². The summed E-state index contributed by atoms with van der Waals surface area (Å²) in [5.74, 6) is 0.0402. The van der Waals surface area contributed by atoms with Crippen LogP contribution in [0, 0.1) is 5.41 Å². The molecule has 1 rings (SSSR count). The van der Waals surface area contributed by atoms with E-state index in [-0.39, 0.29) is 11.4 Å². The van der Waals surface area contributed by atoms with Crippen molar-refractivity contribution in [3.8, 4) is 0 Å². The molecule has 0 aromatic heterocycles.